The maximum atomic E-state index is 5.11. The number of fused-ring (bicyclic) bond motifs is 14. The van der Waals surface area contributed by atoms with Crippen molar-refractivity contribution >= 4 is 35.3 Å². The molecule has 8 aromatic heterocycles. The summed E-state index contributed by atoms with van der Waals surface area (Å²) in [4.78, 5) is 39.4. The van der Waals surface area contributed by atoms with Crippen LogP contribution >= 0.6 is 0 Å². The Labute approximate surface area is 579 Å². The van der Waals surface area contributed by atoms with E-state index in [1.165, 1.54) is 0 Å². The van der Waals surface area contributed by atoms with Crippen LogP contribution in [0.1, 0.15) is 78.7 Å². The predicted octanol–water partition coefficient (Wildman–Crippen LogP) is 11.7. The molecule has 14 aromatic rings. The fraction of sp³-hybridized carbons (Fsp3) is 0.0769. The zero-order valence-corrected chi connectivity index (χ0v) is 55.6. The molecule has 4 atom stereocenters. The molecule has 18 heteroatoms. The summed E-state index contributed by atoms with van der Waals surface area (Å²) >= 11 is 0. The molecule has 0 spiro atoms. The summed E-state index contributed by atoms with van der Waals surface area (Å²) in [6.07, 6.45) is 17.8. The van der Waals surface area contributed by atoms with E-state index >= 15 is 0 Å². The topological polar surface area (TPSA) is 169 Å². The Hall–Kier alpha value is -11.4. The van der Waals surface area contributed by atoms with Crippen molar-refractivity contribution in [2.75, 3.05) is 14.1 Å². The van der Waals surface area contributed by atoms with E-state index in [2.05, 4.69) is 211 Å². The summed E-state index contributed by atoms with van der Waals surface area (Å²) in [5, 5.41) is 18.0. The number of hydrogen-bond acceptors (Lipinski definition) is 10. The SMILES string of the molecule is C[N+]1=C=[N+](C2(c3[c-]c(C4(c5cc[n-]n5)c5ccccc5-c5cccnc54)ccc3)c3ccccc3-c3cccnc32)c2nccnc21.C[N+]1=C=[N+](C2(c3[c-]c(C4(c5cc[n-]n5)c5ccccc5-c5cccnc54)ccc3)c3ccccc3-c3cccnc32)c2nccnc21.[Pt+2].[Pt+2]. The summed E-state index contributed by atoms with van der Waals surface area (Å²) < 4.78 is 7.97. The van der Waals surface area contributed by atoms with Gasteiger partial charge in [-0.05, 0) is 57.6 Å². The molecule has 0 bridgehead atoms. The molecule has 20 rings (SSSR count). The Morgan fingerprint density at radius 1 is 0.312 bits per heavy atom. The van der Waals surface area contributed by atoms with Gasteiger partial charge in [-0.3, -0.25) is 19.9 Å². The molecule has 4 aliphatic carbocycles. The van der Waals surface area contributed by atoms with Crippen LogP contribution in [0.15, 0.2) is 256 Å². The molecule has 0 N–H and O–H groups in total. The zero-order chi connectivity index (χ0) is 62.3. The first kappa shape index (κ1) is 58.5. The Morgan fingerprint density at radius 2 is 0.635 bits per heavy atom. The molecule has 96 heavy (non-hydrogen) atoms. The van der Waals surface area contributed by atoms with Crippen molar-refractivity contribution in [1.29, 1.82) is 0 Å². The molecular weight excluding hydrogens is 1550 g/mol. The van der Waals surface area contributed by atoms with Crippen molar-refractivity contribution in [3.8, 4) is 44.5 Å². The number of aromatic nitrogens is 12. The quantitative estimate of drug-likeness (QED) is 0.104. The van der Waals surface area contributed by atoms with E-state index in [0.29, 0.717) is 11.6 Å². The van der Waals surface area contributed by atoms with E-state index in [0.717, 1.165) is 135 Å². The van der Waals surface area contributed by atoms with E-state index in [1.54, 1.807) is 37.2 Å². The minimum atomic E-state index is -0.970. The fourth-order valence-electron chi connectivity index (χ4n) is 16.0. The Morgan fingerprint density at radius 3 is 1.02 bits per heavy atom. The molecule has 0 saturated heterocycles. The van der Waals surface area contributed by atoms with Crippen molar-refractivity contribution in [3.63, 3.8) is 0 Å². The number of hydrogen-bond donors (Lipinski definition) is 0. The smallest absolute Gasteiger partial charge is 0.581 e. The van der Waals surface area contributed by atoms with E-state index in [1.807, 2.05) is 84.4 Å². The van der Waals surface area contributed by atoms with E-state index in [4.69, 9.17) is 40.1 Å². The van der Waals surface area contributed by atoms with Gasteiger partial charge < -0.3 is 20.4 Å². The molecule has 0 saturated carbocycles. The maximum absolute atomic E-state index is 5.11. The van der Waals surface area contributed by atoms with Crippen LogP contribution in [0.2, 0.25) is 0 Å². The predicted molar refractivity (Wildman–Crippen MR) is 348 cm³/mol. The monoisotopic (exact) mass is 1600 g/mol. The van der Waals surface area contributed by atoms with Crippen LogP contribution in [-0.4, -0.2) is 94.5 Å². The van der Waals surface area contributed by atoms with Gasteiger partial charge in [-0.15, -0.1) is 29.4 Å². The molecule has 6 aliphatic rings. The fourth-order valence-corrected chi connectivity index (χ4v) is 16.0. The van der Waals surface area contributed by atoms with Crippen molar-refractivity contribution in [1.82, 2.24) is 60.3 Å². The molecule has 0 radical (unpaired) electrons. The minimum Gasteiger partial charge on any atom is -0.581 e. The molecule has 4 unspecified atom stereocenters. The van der Waals surface area contributed by atoms with Crippen molar-refractivity contribution in [3.05, 3.63) is 347 Å². The molecule has 16 nitrogen and oxygen atoms in total. The third-order valence-corrected chi connectivity index (χ3v) is 19.5. The van der Waals surface area contributed by atoms with Crippen LogP contribution in [0.3, 0.4) is 0 Å². The summed E-state index contributed by atoms with van der Waals surface area (Å²) in [6, 6.07) is 82.3. The van der Waals surface area contributed by atoms with Gasteiger partial charge in [0, 0.05) is 79.5 Å². The maximum Gasteiger partial charge on any atom is 2.00 e. The Bertz CT molecular complexity index is 5160. The summed E-state index contributed by atoms with van der Waals surface area (Å²) in [5.74, 6) is 2.82. The third kappa shape index (κ3) is 7.63. The van der Waals surface area contributed by atoms with Gasteiger partial charge in [-0.1, -0.05) is 145 Å². The van der Waals surface area contributed by atoms with Gasteiger partial charge in [-0.25, -0.2) is 0 Å². The van der Waals surface area contributed by atoms with Crippen LogP contribution in [0.4, 0.5) is 23.3 Å². The molecule has 0 amide bonds. The number of pyridine rings is 4. The van der Waals surface area contributed by atoms with Gasteiger partial charge in [0.05, 0.1) is 34.6 Å². The number of rotatable bonds is 8. The summed E-state index contributed by atoms with van der Waals surface area (Å²) in [7, 11) is 3.89. The minimum absolute atomic E-state index is 0. The molecule has 10 heterocycles. The van der Waals surface area contributed by atoms with Gasteiger partial charge in [0.25, 0.3) is 0 Å². The molecule has 2 aliphatic heterocycles. The summed E-state index contributed by atoms with van der Waals surface area (Å²) in [5.41, 5.74) is 18.1. The first-order chi connectivity index (χ1) is 46.5. The van der Waals surface area contributed by atoms with Crippen molar-refractivity contribution in [2.45, 2.75) is 21.9 Å². The van der Waals surface area contributed by atoms with Crippen LogP contribution in [-0.2, 0) is 64.0 Å². The van der Waals surface area contributed by atoms with Gasteiger partial charge in [0.2, 0.25) is 11.1 Å². The molecule has 6 aromatic carbocycles. The Kier molecular flexibility index (Phi) is 13.5. The van der Waals surface area contributed by atoms with Gasteiger partial charge in [0.1, 0.15) is 25.5 Å². The molecular formula is C78H48N16Pt2+4. The second-order valence-corrected chi connectivity index (χ2v) is 23.9. The van der Waals surface area contributed by atoms with Crippen LogP contribution in [0.5, 0.6) is 0 Å². The number of benzene rings is 6. The number of nitrogens with zero attached hydrogens (tertiary/aromatic N) is 16. The summed E-state index contributed by atoms with van der Waals surface area (Å²) in [6.45, 7) is 0. The van der Waals surface area contributed by atoms with Crippen molar-refractivity contribution in [2.24, 2.45) is 0 Å². The van der Waals surface area contributed by atoms with Gasteiger partial charge in [-0.2, -0.15) is 70.9 Å². The molecule has 456 valence electrons. The molecule has 0 fully saturated rings. The van der Waals surface area contributed by atoms with Crippen molar-refractivity contribution < 1.29 is 60.4 Å². The van der Waals surface area contributed by atoms with Crippen LogP contribution in [0.25, 0.3) is 44.5 Å². The average Bonchev–Trinajstić information content (AvgIpc) is 1.53. The third-order valence-electron chi connectivity index (χ3n) is 19.5. The first-order valence-corrected chi connectivity index (χ1v) is 30.9. The van der Waals surface area contributed by atoms with Gasteiger partial charge in [0.15, 0.2) is 12.4 Å². The average molecular weight is 1600 g/mol. The van der Waals surface area contributed by atoms with E-state index in [-0.39, 0.29) is 42.1 Å². The largest absolute Gasteiger partial charge is 2.00 e. The zero-order valence-electron chi connectivity index (χ0n) is 51.0. The van der Waals surface area contributed by atoms with Crippen LogP contribution < -0.4 is 10.2 Å². The standard InChI is InChI=1S/2C39H24N8.2Pt/c2*1-46-24-47(37-36(46)42-21-22-43-37)39(32-16-5-3-12-28(32)30-14-8-19-41-35(30)39)26-10-6-9-25(23-26)38(33-17-20-44-45-33)31-15-4-2-11-27(31)29-13-7-18-40-34(29)38;;/h2*2-22H,1H3;;/q;;2*+2. The first-order valence-electron chi connectivity index (χ1n) is 30.9. The normalized spacial score (nSPS) is 19.3. The Balaban J connectivity index is 0.000000142. The second-order valence-electron chi connectivity index (χ2n) is 23.9. The van der Waals surface area contributed by atoms with E-state index in [9.17, 15) is 0 Å². The second kappa shape index (κ2) is 22.1. The van der Waals surface area contributed by atoms with Crippen LogP contribution in [0, 0.1) is 12.1 Å². The van der Waals surface area contributed by atoms with Gasteiger partial charge >= 0.3 is 77.4 Å². The van der Waals surface area contributed by atoms with E-state index < -0.39 is 21.9 Å².